The van der Waals surface area contributed by atoms with Crippen LogP contribution in [0.25, 0.3) is 0 Å². The first kappa shape index (κ1) is 5.65. The summed E-state index contributed by atoms with van der Waals surface area (Å²) < 4.78 is 5.28. The zero-order valence-corrected chi connectivity index (χ0v) is 5.47. The fraction of sp³-hybridized carbons (Fsp3) is 1.00. The van der Waals surface area contributed by atoms with Crippen LogP contribution in [0, 0.1) is 0 Å². The standard InChI is InChI=1S/C6H12N2O/c1-2-8-5-9-4-6(8)3-7-1/h6-7H,1-5H2. The molecule has 2 aliphatic rings. The van der Waals surface area contributed by atoms with Gasteiger partial charge in [-0.3, -0.25) is 4.90 Å². The number of ether oxygens (including phenoxy) is 1. The van der Waals surface area contributed by atoms with Crippen LogP contribution in [0.3, 0.4) is 0 Å². The van der Waals surface area contributed by atoms with Gasteiger partial charge in [0.1, 0.15) is 0 Å². The summed E-state index contributed by atoms with van der Waals surface area (Å²) in [7, 11) is 0. The van der Waals surface area contributed by atoms with Crippen LogP contribution in [0.1, 0.15) is 0 Å². The Bertz CT molecular complexity index is 95.2. The molecule has 2 fully saturated rings. The molecular formula is C6H12N2O. The Balaban J connectivity index is 1.97. The molecule has 3 heteroatoms. The third-order valence-corrected chi connectivity index (χ3v) is 2.04. The van der Waals surface area contributed by atoms with Crippen molar-refractivity contribution < 1.29 is 4.74 Å². The van der Waals surface area contributed by atoms with E-state index in [1.807, 2.05) is 0 Å². The Labute approximate surface area is 55.0 Å². The molecule has 0 radical (unpaired) electrons. The molecule has 0 aromatic rings. The lowest BCUT2D eigenvalue weighted by atomic mass is 10.2. The highest BCUT2D eigenvalue weighted by atomic mass is 16.5. The van der Waals surface area contributed by atoms with Crippen molar-refractivity contribution in [3.8, 4) is 0 Å². The van der Waals surface area contributed by atoms with E-state index in [0.717, 1.165) is 33.0 Å². The molecule has 3 nitrogen and oxygen atoms in total. The number of hydrogen-bond acceptors (Lipinski definition) is 3. The van der Waals surface area contributed by atoms with Gasteiger partial charge in [-0.2, -0.15) is 0 Å². The van der Waals surface area contributed by atoms with Crippen molar-refractivity contribution in [1.82, 2.24) is 10.2 Å². The van der Waals surface area contributed by atoms with Gasteiger partial charge in [0.25, 0.3) is 0 Å². The average molecular weight is 128 g/mol. The zero-order chi connectivity index (χ0) is 6.10. The highest BCUT2D eigenvalue weighted by molar-refractivity contribution is 4.80. The van der Waals surface area contributed by atoms with Gasteiger partial charge in [0.05, 0.1) is 13.3 Å². The maximum atomic E-state index is 5.28. The summed E-state index contributed by atoms with van der Waals surface area (Å²) >= 11 is 0. The Hall–Kier alpha value is -0.120. The Morgan fingerprint density at radius 3 is 3.44 bits per heavy atom. The van der Waals surface area contributed by atoms with Crippen molar-refractivity contribution in [1.29, 1.82) is 0 Å². The van der Waals surface area contributed by atoms with E-state index in [1.54, 1.807) is 0 Å². The van der Waals surface area contributed by atoms with Crippen molar-refractivity contribution in [2.75, 3.05) is 33.0 Å². The first-order chi connectivity index (χ1) is 4.47. The molecule has 0 bridgehead atoms. The van der Waals surface area contributed by atoms with Crippen LogP contribution in [-0.4, -0.2) is 43.9 Å². The van der Waals surface area contributed by atoms with Crippen LogP contribution in [0.4, 0.5) is 0 Å². The fourth-order valence-corrected chi connectivity index (χ4v) is 1.44. The second-order valence-corrected chi connectivity index (χ2v) is 2.67. The lowest BCUT2D eigenvalue weighted by Gasteiger charge is -2.27. The second kappa shape index (κ2) is 2.25. The maximum Gasteiger partial charge on any atom is 0.0995 e. The van der Waals surface area contributed by atoms with E-state index in [0.29, 0.717) is 6.04 Å². The van der Waals surface area contributed by atoms with Crippen LogP contribution < -0.4 is 5.32 Å². The Morgan fingerprint density at radius 1 is 1.56 bits per heavy atom. The quantitative estimate of drug-likeness (QED) is 0.464. The molecule has 2 rings (SSSR count). The molecular weight excluding hydrogens is 116 g/mol. The van der Waals surface area contributed by atoms with E-state index in [4.69, 9.17) is 4.74 Å². The Morgan fingerprint density at radius 2 is 2.56 bits per heavy atom. The van der Waals surface area contributed by atoms with E-state index in [1.165, 1.54) is 0 Å². The van der Waals surface area contributed by atoms with Crippen molar-refractivity contribution in [2.45, 2.75) is 6.04 Å². The summed E-state index contributed by atoms with van der Waals surface area (Å²) in [5, 5.41) is 3.33. The van der Waals surface area contributed by atoms with E-state index in [2.05, 4.69) is 10.2 Å². The molecule has 2 heterocycles. The fourth-order valence-electron chi connectivity index (χ4n) is 1.44. The minimum atomic E-state index is 0.666. The topological polar surface area (TPSA) is 24.5 Å². The molecule has 2 saturated heterocycles. The summed E-state index contributed by atoms with van der Waals surface area (Å²) in [6.07, 6.45) is 0. The van der Waals surface area contributed by atoms with Crippen LogP contribution in [0.2, 0.25) is 0 Å². The van der Waals surface area contributed by atoms with E-state index in [-0.39, 0.29) is 0 Å². The largest absolute Gasteiger partial charge is 0.364 e. The summed E-state index contributed by atoms with van der Waals surface area (Å²) in [5.41, 5.74) is 0. The van der Waals surface area contributed by atoms with Gasteiger partial charge in [0.15, 0.2) is 0 Å². The Kier molecular flexibility index (Phi) is 1.41. The molecule has 1 atom stereocenters. The van der Waals surface area contributed by atoms with Gasteiger partial charge < -0.3 is 10.1 Å². The molecule has 9 heavy (non-hydrogen) atoms. The highest BCUT2D eigenvalue weighted by Crippen LogP contribution is 2.09. The number of rotatable bonds is 0. The lowest BCUT2D eigenvalue weighted by Crippen LogP contribution is -2.48. The van der Waals surface area contributed by atoms with Gasteiger partial charge in [-0.25, -0.2) is 0 Å². The molecule has 0 aromatic carbocycles. The van der Waals surface area contributed by atoms with Crippen molar-refractivity contribution in [3.63, 3.8) is 0 Å². The molecule has 0 saturated carbocycles. The van der Waals surface area contributed by atoms with Crippen LogP contribution in [0.5, 0.6) is 0 Å². The summed E-state index contributed by atoms with van der Waals surface area (Å²) in [6.45, 7) is 5.17. The molecule has 0 aliphatic carbocycles. The summed E-state index contributed by atoms with van der Waals surface area (Å²) in [4.78, 5) is 2.39. The smallest absolute Gasteiger partial charge is 0.0995 e. The zero-order valence-electron chi connectivity index (χ0n) is 5.47. The normalized spacial score (nSPS) is 36.7. The number of nitrogens with zero attached hydrogens (tertiary/aromatic N) is 1. The second-order valence-electron chi connectivity index (χ2n) is 2.67. The molecule has 1 unspecified atom stereocenters. The first-order valence-electron chi connectivity index (χ1n) is 3.49. The third kappa shape index (κ3) is 0.956. The van der Waals surface area contributed by atoms with Gasteiger partial charge >= 0.3 is 0 Å². The SMILES string of the molecule is C1CN2COCC2CN1. The minimum absolute atomic E-state index is 0.666. The van der Waals surface area contributed by atoms with Gasteiger partial charge in [-0.1, -0.05) is 0 Å². The number of nitrogens with one attached hydrogen (secondary N) is 1. The van der Waals surface area contributed by atoms with E-state index >= 15 is 0 Å². The van der Waals surface area contributed by atoms with Gasteiger partial charge in [-0.15, -0.1) is 0 Å². The molecule has 2 aliphatic heterocycles. The summed E-state index contributed by atoms with van der Waals surface area (Å²) in [6, 6.07) is 0.666. The maximum absolute atomic E-state index is 5.28. The highest BCUT2D eigenvalue weighted by Gasteiger charge is 2.26. The number of fused-ring (bicyclic) bond motifs is 1. The average Bonchev–Trinajstić information content (AvgIpc) is 2.33. The minimum Gasteiger partial charge on any atom is -0.364 e. The monoisotopic (exact) mass is 128 g/mol. The van der Waals surface area contributed by atoms with Gasteiger partial charge in [0.2, 0.25) is 0 Å². The van der Waals surface area contributed by atoms with Crippen molar-refractivity contribution >= 4 is 0 Å². The van der Waals surface area contributed by atoms with E-state index < -0.39 is 0 Å². The number of piperazine rings is 1. The lowest BCUT2D eigenvalue weighted by molar-refractivity contribution is 0.133. The molecule has 0 amide bonds. The van der Waals surface area contributed by atoms with Gasteiger partial charge in [0, 0.05) is 25.7 Å². The van der Waals surface area contributed by atoms with Crippen molar-refractivity contribution in [2.24, 2.45) is 0 Å². The van der Waals surface area contributed by atoms with Crippen LogP contribution in [0.15, 0.2) is 0 Å². The predicted molar refractivity (Wildman–Crippen MR) is 34.2 cm³/mol. The third-order valence-electron chi connectivity index (χ3n) is 2.04. The van der Waals surface area contributed by atoms with Crippen molar-refractivity contribution in [3.05, 3.63) is 0 Å². The van der Waals surface area contributed by atoms with Crippen LogP contribution >= 0.6 is 0 Å². The molecule has 0 aromatic heterocycles. The van der Waals surface area contributed by atoms with Gasteiger partial charge in [-0.05, 0) is 0 Å². The molecule has 1 N–H and O–H groups in total. The van der Waals surface area contributed by atoms with E-state index in [9.17, 15) is 0 Å². The predicted octanol–water partition coefficient (Wildman–Crippen LogP) is -0.752. The molecule has 52 valence electrons. The summed E-state index contributed by atoms with van der Waals surface area (Å²) in [5.74, 6) is 0. The molecule has 0 spiro atoms. The number of hydrogen-bond donors (Lipinski definition) is 1. The first-order valence-corrected chi connectivity index (χ1v) is 3.49. The van der Waals surface area contributed by atoms with Crippen LogP contribution in [-0.2, 0) is 4.74 Å².